The molecule has 0 bridgehead atoms. The lowest BCUT2D eigenvalue weighted by Crippen LogP contribution is -2.11. The second-order valence-electron chi connectivity index (χ2n) is 4.45. The van der Waals surface area contributed by atoms with Crippen LogP contribution in [0.25, 0.3) is 0 Å². The zero-order chi connectivity index (χ0) is 13.0. The fourth-order valence-electron chi connectivity index (χ4n) is 1.63. The minimum Gasteiger partial charge on any atom is -0.381 e. The zero-order valence-electron chi connectivity index (χ0n) is 10.8. The summed E-state index contributed by atoms with van der Waals surface area (Å²) in [5, 5.41) is 0. The molecule has 17 heavy (non-hydrogen) atoms. The predicted octanol–water partition coefficient (Wildman–Crippen LogP) is 5.10. The Balaban J connectivity index is 2.99. The third-order valence-electron chi connectivity index (χ3n) is 2.67. The fraction of sp³-hybridized carbons (Fsp3) is 1.00. The summed E-state index contributed by atoms with van der Waals surface area (Å²) in [6.45, 7) is 2.46. The van der Waals surface area contributed by atoms with Gasteiger partial charge in [0.1, 0.15) is 0 Å². The molecule has 1 nitrogen and oxygen atoms in total. The second kappa shape index (κ2) is 10.9. The Bertz CT molecular complexity index is 157. The van der Waals surface area contributed by atoms with E-state index in [1.54, 1.807) is 0 Å². The molecule has 0 N–H and O–H groups in total. The van der Waals surface area contributed by atoms with E-state index >= 15 is 0 Å². The summed E-state index contributed by atoms with van der Waals surface area (Å²) in [5.41, 5.74) is 0. The van der Waals surface area contributed by atoms with Gasteiger partial charge in [-0.15, -0.1) is 0 Å². The summed E-state index contributed by atoms with van der Waals surface area (Å²) < 4.78 is 40.2. The predicted molar refractivity (Wildman–Crippen MR) is 64.1 cm³/mol. The van der Waals surface area contributed by atoms with Crippen LogP contribution in [0.2, 0.25) is 0 Å². The highest BCUT2D eigenvalue weighted by molar-refractivity contribution is 4.49. The lowest BCUT2D eigenvalue weighted by Gasteiger charge is -2.07. The first kappa shape index (κ1) is 16.8. The van der Waals surface area contributed by atoms with Crippen LogP contribution in [0, 0.1) is 0 Å². The molecular formula is C13H25F3O. The quantitative estimate of drug-likeness (QED) is 0.466. The first-order valence-electron chi connectivity index (χ1n) is 6.70. The van der Waals surface area contributed by atoms with E-state index in [0.717, 1.165) is 12.8 Å². The Kier molecular flexibility index (Phi) is 10.7. The molecule has 0 spiro atoms. The minimum atomic E-state index is -4.08. The first-order chi connectivity index (χ1) is 8.06. The highest BCUT2D eigenvalue weighted by Crippen LogP contribution is 2.19. The van der Waals surface area contributed by atoms with E-state index in [2.05, 4.69) is 6.92 Å². The highest BCUT2D eigenvalue weighted by atomic mass is 19.4. The molecule has 0 amide bonds. The molecule has 0 rings (SSSR count). The molecule has 0 saturated heterocycles. The van der Waals surface area contributed by atoms with Crippen molar-refractivity contribution in [2.24, 2.45) is 0 Å². The van der Waals surface area contributed by atoms with E-state index in [-0.39, 0.29) is 6.61 Å². The van der Waals surface area contributed by atoms with Crippen LogP contribution in [-0.2, 0) is 4.74 Å². The maximum Gasteiger partial charge on any atom is 0.391 e. The molecule has 0 atom stereocenters. The van der Waals surface area contributed by atoms with Gasteiger partial charge in [0.25, 0.3) is 0 Å². The fourth-order valence-corrected chi connectivity index (χ4v) is 1.63. The largest absolute Gasteiger partial charge is 0.391 e. The van der Waals surface area contributed by atoms with E-state index in [9.17, 15) is 13.2 Å². The van der Waals surface area contributed by atoms with Gasteiger partial charge in [0.2, 0.25) is 0 Å². The molecule has 0 aromatic heterocycles. The topological polar surface area (TPSA) is 9.23 Å². The number of hydrogen-bond acceptors (Lipinski definition) is 1. The van der Waals surface area contributed by atoms with Crippen molar-refractivity contribution >= 4 is 0 Å². The normalized spacial score (nSPS) is 12.0. The number of alkyl halides is 3. The first-order valence-corrected chi connectivity index (χ1v) is 6.70. The molecule has 0 aliphatic carbocycles. The summed E-state index contributed by atoms with van der Waals surface area (Å²) in [5.74, 6) is 0. The van der Waals surface area contributed by atoms with Crippen molar-refractivity contribution in [2.75, 3.05) is 13.2 Å². The molecule has 4 heteroatoms. The Hall–Kier alpha value is -0.250. The third kappa shape index (κ3) is 15.8. The van der Waals surface area contributed by atoms with Crippen LogP contribution in [-0.4, -0.2) is 19.4 Å². The molecule has 0 aliphatic rings. The molecule has 0 unspecified atom stereocenters. The molecule has 0 aromatic rings. The van der Waals surface area contributed by atoms with Crippen LogP contribution < -0.4 is 0 Å². The number of hydrogen-bond donors (Lipinski definition) is 0. The average molecular weight is 254 g/mol. The zero-order valence-corrected chi connectivity index (χ0v) is 10.8. The van der Waals surface area contributed by atoms with Crippen molar-refractivity contribution in [3.8, 4) is 0 Å². The maximum absolute atomic E-state index is 11.8. The molecule has 0 saturated carbocycles. The number of halogens is 3. The lowest BCUT2D eigenvalue weighted by atomic mass is 10.1. The van der Waals surface area contributed by atoms with Gasteiger partial charge in [-0.25, -0.2) is 0 Å². The van der Waals surface area contributed by atoms with Gasteiger partial charge in [-0.1, -0.05) is 51.9 Å². The molecular weight excluding hydrogens is 229 g/mol. The molecule has 0 aromatic carbocycles. The van der Waals surface area contributed by atoms with E-state index in [1.807, 2.05) is 0 Å². The Morgan fingerprint density at radius 2 is 1.29 bits per heavy atom. The van der Waals surface area contributed by atoms with Gasteiger partial charge in [0.05, 0.1) is 13.0 Å². The van der Waals surface area contributed by atoms with Gasteiger partial charge in [0.15, 0.2) is 0 Å². The molecule has 104 valence electrons. The number of rotatable bonds is 11. The van der Waals surface area contributed by atoms with Crippen LogP contribution >= 0.6 is 0 Å². The summed E-state index contributed by atoms with van der Waals surface area (Å²) in [7, 11) is 0. The van der Waals surface area contributed by atoms with Crippen molar-refractivity contribution in [1.29, 1.82) is 0 Å². The third-order valence-corrected chi connectivity index (χ3v) is 2.67. The molecule has 0 heterocycles. The highest BCUT2D eigenvalue weighted by Gasteiger charge is 2.26. The second-order valence-corrected chi connectivity index (χ2v) is 4.45. The Morgan fingerprint density at radius 1 is 0.765 bits per heavy atom. The average Bonchev–Trinajstić information content (AvgIpc) is 2.24. The minimum absolute atomic E-state index is 0.194. The van der Waals surface area contributed by atoms with Crippen LogP contribution in [0.1, 0.15) is 64.7 Å². The summed E-state index contributed by atoms with van der Waals surface area (Å²) >= 11 is 0. The van der Waals surface area contributed by atoms with Crippen molar-refractivity contribution in [3.63, 3.8) is 0 Å². The van der Waals surface area contributed by atoms with Gasteiger partial charge in [-0.2, -0.15) is 13.2 Å². The van der Waals surface area contributed by atoms with Crippen molar-refractivity contribution < 1.29 is 17.9 Å². The Morgan fingerprint density at radius 3 is 1.82 bits per heavy atom. The standard InChI is InChI=1S/C13H25F3O/c1-2-3-4-5-6-7-8-9-11-17-12-10-13(14,15)16/h2-12H2,1H3. The van der Waals surface area contributed by atoms with E-state index in [1.165, 1.54) is 38.5 Å². The van der Waals surface area contributed by atoms with Gasteiger partial charge in [-0.3, -0.25) is 0 Å². The number of unbranched alkanes of at least 4 members (excludes halogenated alkanes) is 7. The van der Waals surface area contributed by atoms with Crippen LogP contribution in [0.5, 0.6) is 0 Å². The van der Waals surface area contributed by atoms with Crippen molar-refractivity contribution in [2.45, 2.75) is 70.9 Å². The van der Waals surface area contributed by atoms with E-state index in [4.69, 9.17) is 4.74 Å². The molecule has 0 aliphatic heterocycles. The summed E-state index contributed by atoms with van der Waals surface area (Å²) in [4.78, 5) is 0. The number of ether oxygens (including phenoxy) is 1. The monoisotopic (exact) mass is 254 g/mol. The smallest absolute Gasteiger partial charge is 0.381 e. The van der Waals surface area contributed by atoms with E-state index in [0.29, 0.717) is 6.61 Å². The van der Waals surface area contributed by atoms with Gasteiger partial charge >= 0.3 is 6.18 Å². The SMILES string of the molecule is CCCCCCCCCCOCCC(F)(F)F. The van der Waals surface area contributed by atoms with Crippen LogP contribution in [0.4, 0.5) is 13.2 Å². The van der Waals surface area contributed by atoms with Gasteiger partial charge < -0.3 is 4.74 Å². The Labute approximate surface area is 103 Å². The van der Waals surface area contributed by atoms with Crippen molar-refractivity contribution in [1.82, 2.24) is 0 Å². The van der Waals surface area contributed by atoms with E-state index < -0.39 is 12.6 Å². The van der Waals surface area contributed by atoms with Crippen LogP contribution in [0.15, 0.2) is 0 Å². The summed E-state index contributed by atoms with van der Waals surface area (Å²) in [6.07, 6.45) is 4.59. The molecule has 0 fully saturated rings. The van der Waals surface area contributed by atoms with Crippen molar-refractivity contribution in [3.05, 3.63) is 0 Å². The van der Waals surface area contributed by atoms with Crippen LogP contribution in [0.3, 0.4) is 0 Å². The van der Waals surface area contributed by atoms with Gasteiger partial charge in [0, 0.05) is 6.61 Å². The maximum atomic E-state index is 11.8. The van der Waals surface area contributed by atoms with Gasteiger partial charge in [-0.05, 0) is 6.42 Å². The molecule has 0 radical (unpaired) electrons. The summed E-state index contributed by atoms with van der Waals surface area (Å²) in [6, 6.07) is 0. The lowest BCUT2D eigenvalue weighted by molar-refractivity contribution is -0.145.